The van der Waals surface area contributed by atoms with Gasteiger partial charge in [0.2, 0.25) is 0 Å². The van der Waals surface area contributed by atoms with Crippen LogP contribution in [0.2, 0.25) is 0 Å². The van der Waals surface area contributed by atoms with Gasteiger partial charge in [0.25, 0.3) is 0 Å². The van der Waals surface area contributed by atoms with Gasteiger partial charge in [-0.25, -0.2) is 0 Å². The number of piperidine rings is 2. The normalized spacial score (nSPS) is 21.0. The van der Waals surface area contributed by atoms with Crippen LogP contribution in [0.5, 0.6) is 0 Å². The van der Waals surface area contributed by atoms with Crippen molar-refractivity contribution < 1.29 is 22.6 Å². The van der Waals surface area contributed by atoms with Gasteiger partial charge in [-0.1, -0.05) is 0 Å². The second kappa shape index (κ2) is 12.6. The maximum Gasteiger partial charge on any atom is 0.401 e. The Morgan fingerprint density at radius 1 is 1.07 bits per heavy atom. The molecule has 0 aromatic carbocycles. The number of rotatable bonds is 9. The summed E-state index contributed by atoms with van der Waals surface area (Å²) in [5, 5.41) is 3.44. The van der Waals surface area contributed by atoms with Crippen LogP contribution in [0.3, 0.4) is 0 Å². The Morgan fingerprint density at radius 2 is 1.76 bits per heavy atom. The summed E-state index contributed by atoms with van der Waals surface area (Å²) < 4.78 is 48.4. The molecule has 9 heteroatoms. The molecule has 0 atom stereocenters. The van der Waals surface area contributed by atoms with E-state index in [4.69, 9.17) is 9.47 Å². The summed E-state index contributed by atoms with van der Waals surface area (Å²) in [6.45, 7) is 4.42. The van der Waals surface area contributed by atoms with Crippen molar-refractivity contribution in [1.82, 2.24) is 15.1 Å². The predicted octanol–water partition coefficient (Wildman–Crippen LogP) is 2.74. The molecular weight excluding hydrogens is 385 g/mol. The Kier molecular flexibility index (Phi) is 10.5. The molecule has 6 nitrogen and oxygen atoms in total. The lowest BCUT2D eigenvalue weighted by atomic mass is 9.93. The van der Waals surface area contributed by atoms with Gasteiger partial charge < -0.3 is 19.7 Å². The minimum absolute atomic E-state index is 0.308. The van der Waals surface area contributed by atoms with E-state index in [0.29, 0.717) is 25.1 Å². The molecule has 170 valence electrons. The first-order valence-corrected chi connectivity index (χ1v) is 10.8. The average molecular weight is 423 g/mol. The van der Waals surface area contributed by atoms with Crippen molar-refractivity contribution in [2.45, 2.75) is 50.8 Å². The molecule has 0 bridgehead atoms. The number of ether oxygens (including phenoxy) is 2. The number of hydrogen-bond donors (Lipinski definition) is 1. The summed E-state index contributed by atoms with van der Waals surface area (Å²) in [4.78, 5) is 8.18. The minimum Gasteiger partial charge on any atom is -0.385 e. The smallest absolute Gasteiger partial charge is 0.385 e. The number of hydrogen-bond acceptors (Lipinski definition) is 4. The minimum atomic E-state index is -4.09. The number of alkyl halides is 3. The van der Waals surface area contributed by atoms with Crippen molar-refractivity contribution in [3.05, 3.63) is 0 Å². The maximum atomic E-state index is 12.5. The van der Waals surface area contributed by atoms with Crippen LogP contribution in [0, 0.1) is 5.92 Å². The van der Waals surface area contributed by atoms with Crippen LogP contribution in [-0.2, 0) is 9.47 Å². The molecule has 0 aromatic heterocycles. The molecule has 2 saturated heterocycles. The van der Waals surface area contributed by atoms with E-state index in [1.54, 1.807) is 14.2 Å². The highest BCUT2D eigenvalue weighted by molar-refractivity contribution is 5.79. The highest BCUT2D eigenvalue weighted by atomic mass is 19.4. The Hall–Kier alpha value is -1.06. The number of aliphatic imine (C=N–C) groups is 1. The van der Waals surface area contributed by atoms with Crippen LogP contribution < -0.4 is 5.32 Å². The van der Waals surface area contributed by atoms with E-state index in [2.05, 4.69) is 15.2 Å². The SMILES string of the molecule is CN=C(NCCC1CCN(CC(F)(F)F)CC1)N1CCC(OCCCOC)CC1. The molecule has 2 fully saturated rings. The van der Waals surface area contributed by atoms with Crippen LogP contribution in [0.25, 0.3) is 0 Å². The lowest BCUT2D eigenvalue weighted by molar-refractivity contribution is -0.148. The van der Waals surface area contributed by atoms with Gasteiger partial charge in [-0.2, -0.15) is 13.2 Å². The lowest BCUT2D eigenvalue weighted by Crippen LogP contribution is -2.47. The second-order valence-electron chi connectivity index (χ2n) is 8.00. The van der Waals surface area contributed by atoms with Gasteiger partial charge in [0.15, 0.2) is 5.96 Å². The quantitative estimate of drug-likeness (QED) is 0.352. The predicted molar refractivity (Wildman–Crippen MR) is 108 cm³/mol. The van der Waals surface area contributed by atoms with Crippen molar-refractivity contribution in [2.24, 2.45) is 10.9 Å². The molecule has 0 amide bonds. The van der Waals surface area contributed by atoms with Crippen molar-refractivity contribution in [2.75, 3.05) is 66.6 Å². The first-order valence-electron chi connectivity index (χ1n) is 10.8. The van der Waals surface area contributed by atoms with Crippen LogP contribution in [0.15, 0.2) is 4.99 Å². The molecule has 0 aromatic rings. The fraction of sp³-hybridized carbons (Fsp3) is 0.950. The summed E-state index contributed by atoms with van der Waals surface area (Å²) in [6.07, 6.45) is 1.76. The Labute approximate surface area is 172 Å². The summed E-state index contributed by atoms with van der Waals surface area (Å²) in [5.74, 6) is 1.40. The van der Waals surface area contributed by atoms with E-state index in [1.807, 2.05) is 0 Å². The van der Waals surface area contributed by atoms with Gasteiger partial charge >= 0.3 is 6.18 Å². The fourth-order valence-corrected chi connectivity index (χ4v) is 4.09. The molecule has 0 aliphatic carbocycles. The number of nitrogens with zero attached hydrogens (tertiary/aromatic N) is 3. The molecule has 0 spiro atoms. The van der Waals surface area contributed by atoms with Crippen molar-refractivity contribution >= 4 is 5.96 Å². The zero-order valence-electron chi connectivity index (χ0n) is 17.8. The van der Waals surface area contributed by atoms with Crippen molar-refractivity contribution in [3.63, 3.8) is 0 Å². The molecular formula is C20H37F3N4O2. The van der Waals surface area contributed by atoms with E-state index in [0.717, 1.165) is 77.3 Å². The van der Waals surface area contributed by atoms with Crippen molar-refractivity contribution in [3.8, 4) is 0 Å². The van der Waals surface area contributed by atoms with E-state index in [9.17, 15) is 13.2 Å². The molecule has 2 aliphatic rings. The summed E-state index contributed by atoms with van der Waals surface area (Å²) in [5.41, 5.74) is 0. The number of guanidine groups is 1. The van der Waals surface area contributed by atoms with Gasteiger partial charge in [0.1, 0.15) is 0 Å². The molecule has 0 saturated carbocycles. The topological polar surface area (TPSA) is 49.3 Å². The first-order chi connectivity index (χ1) is 13.9. The zero-order valence-corrected chi connectivity index (χ0v) is 17.8. The highest BCUT2D eigenvalue weighted by Crippen LogP contribution is 2.24. The molecule has 0 unspecified atom stereocenters. The Bertz CT molecular complexity index is 475. The van der Waals surface area contributed by atoms with Gasteiger partial charge in [-0.3, -0.25) is 9.89 Å². The van der Waals surface area contributed by atoms with Crippen LogP contribution >= 0.6 is 0 Å². The van der Waals surface area contributed by atoms with Crippen LogP contribution in [0.4, 0.5) is 13.2 Å². The Morgan fingerprint density at radius 3 is 2.34 bits per heavy atom. The molecule has 0 radical (unpaired) electrons. The lowest BCUT2D eigenvalue weighted by Gasteiger charge is -2.35. The largest absolute Gasteiger partial charge is 0.401 e. The average Bonchev–Trinajstić information content (AvgIpc) is 2.69. The number of likely N-dealkylation sites (tertiary alicyclic amines) is 2. The summed E-state index contributed by atoms with van der Waals surface area (Å²) in [7, 11) is 3.50. The van der Waals surface area contributed by atoms with E-state index >= 15 is 0 Å². The zero-order chi connectivity index (χ0) is 21.1. The van der Waals surface area contributed by atoms with Gasteiger partial charge in [-0.05, 0) is 57.5 Å². The van der Waals surface area contributed by atoms with Crippen molar-refractivity contribution in [1.29, 1.82) is 0 Å². The number of halogens is 3. The summed E-state index contributed by atoms with van der Waals surface area (Å²) in [6, 6.07) is 0. The van der Waals surface area contributed by atoms with Crippen LogP contribution in [0.1, 0.15) is 38.5 Å². The van der Waals surface area contributed by atoms with Crippen LogP contribution in [-0.4, -0.2) is 94.7 Å². The third-order valence-electron chi connectivity index (χ3n) is 5.75. The maximum absolute atomic E-state index is 12.5. The first kappa shape index (κ1) is 24.2. The van der Waals surface area contributed by atoms with E-state index in [1.165, 1.54) is 4.90 Å². The molecule has 2 rings (SSSR count). The Balaban J connectivity index is 1.59. The summed E-state index contributed by atoms with van der Waals surface area (Å²) >= 11 is 0. The third kappa shape index (κ3) is 9.53. The number of nitrogens with one attached hydrogen (secondary N) is 1. The van der Waals surface area contributed by atoms with Gasteiger partial charge in [0, 0.05) is 47.0 Å². The standard InChI is InChI=1S/C20H37F3N4O2/c1-24-19(27-12-7-18(8-13-27)29-15-3-14-28-2)25-9-4-17-5-10-26(11-6-17)16-20(21,22)23/h17-18H,3-16H2,1-2H3,(H,24,25). The van der Waals surface area contributed by atoms with Gasteiger partial charge in [-0.15, -0.1) is 0 Å². The molecule has 2 aliphatic heterocycles. The second-order valence-corrected chi connectivity index (χ2v) is 8.00. The fourth-order valence-electron chi connectivity index (χ4n) is 4.09. The van der Waals surface area contributed by atoms with E-state index in [-0.39, 0.29) is 0 Å². The molecule has 29 heavy (non-hydrogen) atoms. The van der Waals surface area contributed by atoms with Gasteiger partial charge in [0.05, 0.1) is 12.6 Å². The van der Waals surface area contributed by atoms with E-state index < -0.39 is 12.7 Å². The highest BCUT2D eigenvalue weighted by Gasteiger charge is 2.32. The third-order valence-corrected chi connectivity index (χ3v) is 5.75. The number of methoxy groups -OCH3 is 1. The monoisotopic (exact) mass is 422 g/mol. The molecule has 2 heterocycles. The molecule has 1 N–H and O–H groups in total.